The third-order valence-corrected chi connectivity index (χ3v) is 2.94. The number of likely N-dealkylation sites (tertiary alicyclic amines) is 1. The SMILES string of the molecule is CC1CC(C=O)N1Cc1ccccc1. The van der Waals surface area contributed by atoms with Crippen molar-refractivity contribution in [2.24, 2.45) is 0 Å². The van der Waals surface area contributed by atoms with E-state index in [9.17, 15) is 4.79 Å². The molecule has 0 spiro atoms. The predicted molar refractivity (Wildman–Crippen MR) is 55.9 cm³/mol. The number of nitrogens with zero attached hydrogens (tertiary/aromatic N) is 1. The normalized spacial score (nSPS) is 26.9. The van der Waals surface area contributed by atoms with Crippen molar-refractivity contribution in [3.8, 4) is 0 Å². The molecular formula is C12H15NO. The first-order chi connectivity index (χ1) is 6.81. The molecule has 1 fully saturated rings. The van der Waals surface area contributed by atoms with Crippen molar-refractivity contribution in [2.45, 2.75) is 32.0 Å². The molecule has 14 heavy (non-hydrogen) atoms. The van der Waals surface area contributed by atoms with E-state index in [2.05, 4.69) is 24.0 Å². The quantitative estimate of drug-likeness (QED) is 0.676. The zero-order valence-electron chi connectivity index (χ0n) is 8.39. The summed E-state index contributed by atoms with van der Waals surface area (Å²) in [7, 11) is 0. The summed E-state index contributed by atoms with van der Waals surface area (Å²) in [5, 5.41) is 0. The summed E-state index contributed by atoms with van der Waals surface area (Å²) in [6.45, 7) is 3.06. The Kier molecular flexibility index (Phi) is 2.64. The molecule has 0 radical (unpaired) electrons. The van der Waals surface area contributed by atoms with Gasteiger partial charge in [-0.2, -0.15) is 0 Å². The lowest BCUT2D eigenvalue weighted by atomic mass is 9.94. The smallest absolute Gasteiger partial charge is 0.137 e. The van der Waals surface area contributed by atoms with Gasteiger partial charge in [0, 0.05) is 12.6 Å². The molecule has 0 saturated carbocycles. The van der Waals surface area contributed by atoms with Crippen LogP contribution in [0.1, 0.15) is 18.9 Å². The molecule has 2 nitrogen and oxygen atoms in total. The molecule has 2 heteroatoms. The van der Waals surface area contributed by atoms with E-state index in [1.165, 1.54) is 5.56 Å². The van der Waals surface area contributed by atoms with Gasteiger partial charge in [-0.3, -0.25) is 4.90 Å². The van der Waals surface area contributed by atoms with Gasteiger partial charge in [-0.15, -0.1) is 0 Å². The van der Waals surface area contributed by atoms with Crippen molar-refractivity contribution in [1.82, 2.24) is 4.90 Å². The fourth-order valence-electron chi connectivity index (χ4n) is 2.01. The van der Waals surface area contributed by atoms with Gasteiger partial charge in [0.2, 0.25) is 0 Å². The highest BCUT2D eigenvalue weighted by molar-refractivity contribution is 5.59. The summed E-state index contributed by atoms with van der Waals surface area (Å²) in [5.41, 5.74) is 1.28. The maximum absolute atomic E-state index is 10.7. The number of rotatable bonds is 3. The molecule has 2 unspecified atom stereocenters. The van der Waals surface area contributed by atoms with Crippen LogP contribution >= 0.6 is 0 Å². The molecule has 0 N–H and O–H groups in total. The van der Waals surface area contributed by atoms with Crippen molar-refractivity contribution in [3.63, 3.8) is 0 Å². The minimum Gasteiger partial charge on any atom is -0.302 e. The highest BCUT2D eigenvalue weighted by Gasteiger charge is 2.34. The van der Waals surface area contributed by atoms with Crippen LogP contribution in [-0.2, 0) is 11.3 Å². The molecule has 0 bridgehead atoms. The van der Waals surface area contributed by atoms with E-state index in [0.29, 0.717) is 6.04 Å². The summed E-state index contributed by atoms with van der Waals surface area (Å²) in [4.78, 5) is 12.9. The number of aldehydes is 1. The lowest BCUT2D eigenvalue weighted by Crippen LogP contribution is -2.54. The van der Waals surface area contributed by atoms with Gasteiger partial charge in [0.25, 0.3) is 0 Å². The minimum absolute atomic E-state index is 0.144. The molecule has 0 aliphatic carbocycles. The summed E-state index contributed by atoms with van der Waals surface area (Å²) in [6.07, 6.45) is 2.07. The Morgan fingerprint density at radius 1 is 1.43 bits per heavy atom. The van der Waals surface area contributed by atoms with Crippen LogP contribution in [-0.4, -0.2) is 23.3 Å². The first kappa shape index (κ1) is 9.41. The lowest BCUT2D eigenvalue weighted by molar-refractivity contribution is -0.119. The Morgan fingerprint density at radius 3 is 2.71 bits per heavy atom. The monoisotopic (exact) mass is 189 g/mol. The van der Waals surface area contributed by atoms with Crippen molar-refractivity contribution in [1.29, 1.82) is 0 Å². The molecule has 1 aromatic carbocycles. The fraction of sp³-hybridized carbons (Fsp3) is 0.417. The maximum atomic E-state index is 10.7. The number of hydrogen-bond acceptors (Lipinski definition) is 2. The first-order valence-electron chi connectivity index (χ1n) is 5.06. The fourth-order valence-corrected chi connectivity index (χ4v) is 2.01. The van der Waals surface area contributed by atoms with E-state index in [1.54, 1.807) is 0 Å². The van der Waals surface area contributed by atoms with Crippen LogP contribution in [0.4, 0.5) is 0 Å². The van der Waals surface area contributed by atoms with Crippen LogP contribution in [0.15, 0.2) is 30.3 Å². The van der Waals surface area contributed by atoms with E-state index >= 15 is 0 Å². The standard InChI is InChI=1S/C12H15NO/c1-10-7-12(9-14)13(10)8-11-5-3-2-4-6-11/h2-6,9-10,12H,7-8H2,1H3. The zero-order chi connectivity index (χ0) is 9.97. The average molecular weight is 189 g/mol. The Labute approximate surface area is 84.5 Å². The summed E-state index contributed by atoms with van der Waals surface area (Å²) < 4.78 is 0. The van der Waals surface area contributed by atoms with Crippen molar-refractivity contribution < 1.29 is 4.79 Å². The molecule has 1 aliphatic rings. The lowest BCUT2D eigenvalue weighted by Gasteiger charge is -2.44. The van der Waals surface area contributed by atoms with Gasteiger partial charge in [0.05, 0.1) is 6.04 Å². The molecule has 1 heterocycles. The van der Waals surface area contributed by atoms with Crippen molar-refractivity contribution in [3.05, 3.63) is 35.9 Å². The van der Waals surface area contributed by atoms with Crippen LogP contribution in [0.2, 0.25) is 0 Å². The maximum Gasteiger partial charge on any atom is 0.137 e. The largest absolute Gasteiger partial charge is 0.302 e. The molecule has 1 saturated heterocycles. The predicted octanol–water partition coefficient (Wildman–Crippen LogP) is 1.85. The highest BCUT2D eigenvalue weighted by Crippen LogP contribution is 2.25. The Hall–Kier alpha value is -1.15. The number of carbonyl (C=O) groups excluding carboxylic acids is 1. The second kappa shape index (κ2) is 3.93. The van der Waals surface area contributed by atoms with E-state index in [1.807, 2.05) is 18.2 Å². The second-order valence-corrected chi connectivity index (χ2v) is 3.95. The van der Waals surface area contributed by atoms with Crippen molar-refractivity contribution >= 4 is 6.29 Å². The third-order valence-electron chi connectivity index (χ3n) is 2.94. The molecule has 0 amide bonds. The molecule has 2 atom stereocenters. The van der Waals surface area contributed by atoms with Gasteiger partial charge in [-0.25, -0.2) is 0 Å². The van der Waals surface area contributed by atoms with Crippen LogP contribution in [0.25, 0.3) is 0 Å². The van der Waals surface area contributed by atoms with Gasteiger partial charge in [0.15, 0.2) is 0 Å². The number of hydrogen-bond donors (Lipinski definition) is 0. The number of benzene rings is 1. The van der Waals surface area contributed by atoms with E-state index in [-0.39, 0.29) is 6.04 Å². The summed E-state index contributed by atoms with van der Waals surface area (Å²) in [6, 6.07) is 11.0. The van der Waals surface area contributed by atoms with Crippen molar-refractivity contribution in [2.75, 3.05) is 0 Å². The van der Waals surface area contributed by atoms with E-state index in [4.69, 9.17) is 0 Å². The van der Waals surface area contributed by atoms with E-state index in [0.717, 1.165) is 19.3 Å². The third kappa shape index (κ3) is 1.70. The highest BCUT2D eigenvalue weighted by atomic mass is 16.1. The molecule has 2 rings (SSSR count). The van der Waals surface area contributed by atoms with Crippen LogP contribution in [0.5, 0.6) is 0 Å². The van der Waals surface area contributed by atoms with Gasteiger partial charge in [-0.1, -0.05) is 30.3 Å². The summed E-state index contributed by atoms with van der Waals surface area (Å²) >= 11 is 0. The zero-order valence-corrected chi connectivity index (χ0v) is 8.39. The Morgan fingerprint density at radius 2 is 2.14 bits per heavy atom. The van der Waals surface area contributed by atoms with Gasteiger partial charge in [-0.05, 0) is 18.9 Å². The van der Waals surface area contributed by atoms with Crippen LogP contribution in [0, 0.1) is 0 Å². The average Bonchev–Trinajstić information content (AvgIpc) is 2.24. The first-order valence-corrected chi connectivity index (χ1v) is 5.06. The molecular weight excluding hydrogens is 174 g/mol. The Bertz CT molecular complexity index is 309. The van der Waals surface area contributed by atoms with Gasteiger partial charge in [0.1, 0.15) is 6.29 Å². The number of carbonyl (C=O) groups is 1. The molecule has 1 aliphatic heterocycles. The molecule has 1 aromatic rings. The summed E-state index contributed by atoms with van der Waals surface area (Å²) in [5.74, 6) is 0. The van der Waals surface area contributed by atoms with Crippen LogP contribution in [0.3, 0.4) is 0 Å². The molecule has 74 valence electrons. The second-order valence-electron chi connectivity index (χ2n) is 3.95. The topological polar surface area (TPSA) is 20.3 Å². The van der Waals surface area contributed by atoms with E-state index < -0.39 is 0 Å². The van der Waals surface area contributed by atoms with Gasteiger partial charge < -0.3 is 4.79 Å². The minimum atomic E-state index is 0.144. The Balaban J connectivity index is 2.00. The van der Waals surface area contributed by atoms with Crippen LogP contribution < -0.4 is 0 Å². The molecule has 0 aromatic heterocycles. The van der Waals surface area contributed by atoms with Gasteiger partial charge >= 0.3 is 0 Å².